The topological polar surface area (TPSA) is 66.8 Å². The number of sulfone groups is 1. The Hall–Kier alpha value is -0.760. The average Bonchev–Trinajstić information content (AvgIpc) is 2.46. The molecule has 0 amide bonds. The highest BCUT2D eigenvalue weighted by Gasteiger charge is 2.32. The Morgan fingerprint density at radius 2 is 2.29 bits per heavy atom. The fourth-order valence-electron chi connectivity index (χ4n) is 2.39. The normalized spacial score (nSPS) is 22.0. The third-order valence-electron chi connectivity index (χ3n) is 3.57. The van der Waals surface area contributed by atoms with Gasteiger partial charge in [0.15, 0.2) is 9.84 Å². The SMILES string of the molecule is COc1cccc(C(O)CN2CCSCC2S(C)(=O)=O)c1. The largest absolute Gasteiger partial charge is 0.497 e. The molecular formula is C14H21NO4S2. The second-order valence-electron chi connectivity index (χ2n) is 5.15. The molecular weight excluding hydrogens is 310 g/mol. The molecule has 1 N–H and O–H groups in total. The van der Waals surface area contributed by atoms with Crippen molar-refractivity contribution >= 4 is 21.6 Å². The highest BCUT2D eigenvalue weighted by atomic mass is 32.2. The molecule has 0 radical (unpaired) electrons. The van der Waals surface area contributed by atoms with Crippen LogP contribution in [0.5, 0.6) is 5.75 Å². The molecule has 0 bridgehead atoms. The Morgan fingerprint density at radius 1 is 1.52 bits per heavy atom. The number of hydrogen-bond acceptors (Lipinski definition) is 6. The first-order valence-corrected chi connectivity index (χ1v) is 9.85. The molecule has 1 aliphatic heterocycles. The number of β-amino-alcohol motifs (C(OH)–C–C–N with tert-alkyl or cyclic N) is 1. The number of thioether (sulfide) groups is 1. The first kappa shape index (κ1) is 16.6. The molecule has 2 unspecified atom stereocenters. The summed E-state index contributed by atoms with van der Waals surface area (Å²) in [6, 6.07) is 7.23. The molecule has 2 atom stereocenters. The van der Waals surface area contributed by atoms with Gasteiger partial charge in [0, 0.05) is 30.9 Å². The monoisotopic (exact) mass is 331 g/mol. The van der Waals surface area contributed by atoms with Gasteiger partial charge in [-0.15, -0.1) is 0 Å². The Kier molecular flexibility index (Phi) is 5.54. The first-order valence-electron chi connectivity index (χ1n) is 6.74. The van der Waals surface area contributed by atoms with Gasteiger partial charge in [0.25, 0.3) is 0 Å². The van der Waals surface area contributed by atoms with Crippen LogP contribution in [0.1, 0.15) is 11.7 Å². The molecule has 21 heavy (non-hydrogen) atoms. The lowest BCUT2D eigenvalue weighted by Crippen LogP contribution is -2.48. The van der Waals surface area contributed by atoms with Crippen LogP contribution in [0.25, 0.3) is 0 Å². The Morgan fingerprint density at radius 3 is 2.95 bits per heavy atom. The van der Waals surface area contributed by atoms with E-state index < -0.39 is 21.3 Å². The fraction of sp³-hybridized carbons (Fsp3) is 0.571. The van der Waals surface area contributed by atoms with Gasteiger partial charge in [-0.1, -0.05) is 12.1 Å². The molecule has 0 aliphatic carbocycles. The van der Waals surface area contributed by atoms with E-state index in [4.69, 9.17) is 4.74 Å². The van der Waals surface area contributed by atoms with Crippen LogP contribution >= 0.6 is 11.8 Å². The number of hydrogen-bond donors (Lipinski definition) is 1. The summed E-state index contributed by atoms with van der Waals surface area (Å²) in [6.07, 6.45) is 0.529. The first-order chi connectivity index (χ1) is 9.91. The Bertz CT molecular complexity index is 576. The van der Waals surface area contributed by atoms with Crippen molar-refractivity contribution in [3.8, 4) is 5.75 Å². The molecule has 1 aromatic carbocycles. The molecule has 2 rings (SSSR count). The van der Waals surface area contributed by atoms with Gasteiger partial charge in [0.1, 0.15) is 11.1 Å². The minimum Gasteiger partial charge on any atom is -0.497 e. The van der Waals surface area contributed by atoms with E-state index in [0.29, 0.717) is 24.6 Å². The molecule has 0 saturated carbocycles. The Balaban J connectivity index is 2.11. The lowest BCUT2D eigenvalue weighted by molar-refractivity contribution is 0.111. The standard InChI is InChI=1S/C14H21NO4S2/c1-19-12-5-3-4-11(8-12)13(16)9-15-6-7-20-10-14(15)21(2,17)18/h3-5,8,13-14,16H,6-7,9-10H2,1-2H3. The van der Waals surface area contributed by atoms with Crippen LogP contribution in [-0.4, -0.2) is 61.8 Å². The Labute approximate surface area is 130 Å². The highest BCUT2D eigenvalue weighted by molar-refractivity contribution is 8.00. The van der Waals surface area contributed by atoms with Crippen molar-refractivity contribution in [2.45, 2.75) is 11.5 Å². The maximum atomic E-state index is 11.9. The van der Waals surface area contributed by atoms with Crippen molar-refractivity contribution in [1.82, 2.24) is 4.90 Å². The molecule has 5 nitrogen and oxygen atoms in total. The average molecular weight is 331 g/mol. The third-order valence-corrected chi connectivity index (χ3v) is 6.26. The van der Waals surface area contributed by atoms with E-state index in [9.17, 15) is 13.5 Å². The molecule has 0 aromatic heterocycles. The number of nitrogens with zero attached hydrogens (tertiary/aromatic N) is 1. The minimum absolute atomic E-state index is 0.311. The molecule has 1 fully saturated rings. The molecule has 1 aliphatic rings. The summed E-state index contributed by atoms with van der Waals surface area (Å²) in [5.74, 6) is 2.13. The number of rotatable bonds is 5. The van der Waals surface area contributed by atoms with E-state index in [1.807, 2.05) is 23.1 Å². The summed E-state index contributed by atoms with van der Waals surface area (Å²) in [5, 5.41) is 9.86. The van der Waals surface area contributed by atoms with Gasteiger partial charge in [0.05, 0.1) is 13.2 Å². The molecule has 0 spiro atoms. The molecule has 1 aromatic rings. The van der Waals surface area contributed by atoms with Crippen LogP contribution in [0.2, 0.25) is 0 Å². The van der Waals surface area contributed by atoms with E-state index >= 15 is 0 Å². The van der Waals surface area contributed by atoms with Crippen molar-refractivity contribution in [3.05, 3.63) is 29.8 Å². The second kappa shape index (κ2) is 7.00. The number of methoxy groups -OCH3 is 1. The van der Waals surface area contributed by atoms with Gasteiger partial charge in [-0.25, -0.2) is 8.42 Å². The summed E-state index contributed by atoms with van der Waals surface area (Å²) in [6.45, 7) is 0.981. The highest BCUT2D eigenvalue weighted by Crippen LogP contribution is 2.25. The zero-order chi connectivity index (χ0) is 15.5. The molecule has 1 saturated heterocycles. The van der Waals surface area contributed by atoms with Gasteiger partial charge >= 0.3 is 0 Å². The summed E-state index contributed by atoms with van der Waals surface area (Å²) >= 11 is 1.64. The van der Waals surface area contributed by atoms with E-state index in [1.54, 1.807) is 24.9 Å². The van der Waals surface area contributed by atoms with Crippen molar-refractivity contribution in [1.29, 1.82) is 0 Å². The van der Waals surface area contributed by atoms with Crippen molar-refractivity contribution in [2.75, 3.05) is 38.0 Å². The van der Waals surface area contributed by atoms with Gasteiger partial charge in [-0.05, 0) is 17.7 Å². The maximum Gasteiger partial charge on any atom is 0.164 e. The van der Waals surface area contributed by atoms with E-state index in [2.05, 4.69) is 0 Å². The van der Waals surface area contributed by atoms with Crippen molar-refractivity contribution in [2.24, 2.45) is 0 Å². The lowest BCUT2D eigenvalue weighted by Gasteiger charge is -2.35. The predicted molar refractivity (Wildman–Crippen MR) is 85.5 cm³/mol. The number of benzene rings is 1. The summed E-state index contributed by atoms with van der Waals surface area (Å²) in [5.41, 5.74) is 0.736. The smallest absolute Gasteiger partial charge is 0.164 e. The lowest BCUT2D eigenvalue weighted by atomic mass is 10.1. The molecule has 1 heterocycles. The van der Waals surface area contributed by atoms with Crippen LogP contribution < -0.4 is 4.74 Å². The summed E-state index contributed by atoms with van der Waals surface area (Å²) in [4.78, 5) is 1.86. The van der Waals surface area contributed by atoms with Crippen LogP contribution in [0.4, 0.5) is 0 Å². The van der Waals surface area contributed by atoms with Gasteiger partial charge < -0.3 is 9.84 Å². The van der Waals surface area contributed by atoms with Crippen molar-refractivity contribution in [3.63, 3.8) is 0 Å². The number of aliphatic hydroxyl groups excluding tert-OH is 1. The second-order valence-corrected chi connectivity index (χ2v) is 8.50. The summed E-state index contributed by atoms with van der Waals surface area (Å²) in [7, 11) is -1.57. The van der Waals surface area contributed by atoms with Crippen molar-refractivity contribution < 1.29 is 18.3 Å². The van der Waals surface area contributed by atoms with Crippen LogP contribution in [0.15, 0.2) is 24.3 Å². The van der Waals surface area contributed by atoms with E-state index in [1.165, 1.54) is 6.26 Å². The molecule has 7 heteroatoms. The van der Waals surface area contributed by atoms with Gasteiger partial charge in [-0.2, -0.15) is 11.8 Å². The van der Waals surface area contributed by atoms with E-state index in [0.717, 1.165) is 11.3 Å². The van der Waals surface area contributed by atoms with Crippen LogP contribution in [0.3, 0.4) is 0 Å². The number of aliphatic hydroxyl groups is 1. The van der Waals surface area contributed by atoms with E-state index in [-0.39, 0.29) is 0 Å². The number of ether oxygens (including phenoxy) is 1. The zero-order valence-corrected chi connectivity index (χ0v) is 13.9. The third kappa shape index (κ3) is 4.35. The zero-order valence-electron chi connectivity index (χ0n) is 12.2. The quantitative estimate of drug-likeness (QED) is 0.873. The predicted octanol–water partition coefficient (Wildman–Crippen LogP) is 1.15. The van der Waals surface area contributed by atoms with Crippen LogP contribution in [0, 0.1) is 0 Å². The van der Waals surface area contributed by atoms with Crippen LogP contribution in [-0.2, 0) is 9.84 Å². The molecule has 118 valence electrons. The maximum absolute atomic E-state index is 11.9. The summed E-state index contributed by atoms with van der Waals surface area (Å²) < 4.78 is 28.9. The van der Waals surface area contributed by atoms with Gasteiger partial charge in [-0.3, -0.25) is 4.90 Å². The van der Waals surface area contributed by atoms with Gasteiger partial charge in [0.2, 0.25) is 0 Å². The minimum atomic E-state index is -3.15. The fourth-order valence-corrected chi connectivity index (χ4v) is 5.35.